The molecular formula is C45H86NO8P. The summed E-state index contributed by atoms with van der Waals surface area (Å²) in [6.45, 7) is 3.70. The van der Waals surface area contributed by atoms with Gasteiger partial charge in [0.1, 0.15) is 6.61 Å². The molecule has 324 valence electrons. The van der Waals surface area contributed by atoms with Crippen LogP contribution in [0.4, 0.5) is 0 Å². The number of ether oxygens (including phenoxy) is 2. The number of phosphoric ester groups is 1. The largest absolute Gasteiger partial charge is 0.472 e. The number of carbonyl (C=O) groups excluding carboxylic acids is 2. The van der Waals surface area contributed by atoms with Crippen molar-refractivity contribution in [2.24, 2.45) is 5.73 Å². The summed E-state index contributed by atoms with van der Waals surface area (Å²) >= 11 is 0. The van der Waals surface area contributed by atoms with E-state index in [1.165, 1.54) is 141 Å². The molecule has 0 rings (SSSR count). The topological polar surface area (TPSA) is 134 Å². The van der Waals surface area contributed by atoms with Gasteiger partial charge in [0.15, 0.2) is 6.10 Å². The molecule has 0 fully saturated rings. The molecule has 55 heavy (non-hydrogen) atoms. The molecule has 0 bridgehead atoms. The first kappa shape index (κ1) is 53.5. The van der Waals surface area contributed by atoms with Crippen molar-refractivity contribution in [3.63, 3.8) is 0 Å². The van der Waals surface area contributed by atoms with Crippen molar-refractivity contribution in [2.45, 2.75) is 225 Å². The van der Waals surface area contributed by atoms with Crippen LogP contribution < -0.4 is 5.73 Å². The lowest BCUT2D eigenvalue weighted by Crippen LogP contribution is -2.29. The van der Waals surface area contributed by atoms with Crippen LogP contribution >= 0.6 is 7.82 Å². The van der Waals surface area contributed by atoms with Crippen LogP contribution in [0.1, 0.15) is 219 Å². The van der Waals surface area contributed by atoms with Crippen molar-refractivity contribution in [1.29, 1.82) is 0 Å². The molecule has 0 aromatic rings. The summed E-state index contributed by atoms with van der Waals surface area (Å²) in [7, 11) is -4.38. The van der Waals surface area contributed by atoms with Crippen molar-refractivity contribution in [2.75, 3.05) is 26.4 Å². The number of rotatable bonds is 43. The summed E-state index contributed by atoms with van der Waals surface area (Å²) in [6.07, 6.45) is 45.2. The van der Waals surface area contributed by atoms with E-state index in [2.05, 4.69) is 38.2 Å². The third kappa shape index (κ3) is 41.9. The maximum Gasteiger partial charge on any atom is 0.472 e. The lowest BCUT2D eigenvalue weighted by molar-refractivity contribution is -0.161. The lowest BCUT2D eigenvalue weighted by Gasteiger charge is -2.19. The zero-order valence-electron chi connectivity index (χ0n) is 35.7. The molecule has 0 aliphatic rings. The van der Waals surface area contributed by atoms with Gasteiger partial charge in [-0.2, -0.15) is 0 Å². The quantitative estimate of drug-likeness (QED) is 0.0267. The van der Waals surface area contributed by atoms with Gasteiger partial charge in [-0.1, -0.05) is 186 Å². The van der Waals surface area contributed by atoms with Gasteiger partial charge in [-0.3, -0.25) is 18.6 Å². The third-order valence-corrected chi connectivity index (χ3v) is 10.8. The van der Waals surface area contributed by atoms with E-state index in [-0.39, 0.29) is 32.6 Å². The number of nitrogens with two attached hydrogens (primary N) is 1. The Bertz CT molecular complexity index is 959. The van der Waals surface area contributed by atoms with Crippen LogP contribution in [0.5, 0.6) is 0 Å². The third-order valence-electron chi connectivity index (χ3n) is 9.82. The Kier molecular flexibility index (Phi) is 40.9. The molecule has 0 saturated heterocycles. The predicted molar refractivity (Wildman–Crippen MR) is 229 cm³/mol. The van der Waals surface area contributed by atoms with E-state index in [4.69, 9.17) is 24.3 Å². The molecule has 0 amide bonds. The van der Waals surface area contributed by atoms with Crippen LogP contribution in [0.15, 0.2) is 24.3 Å². The molecule has 0 aromatic carbocycles. The predicted octanol–water partition coefficient (Wildman–Crippen LogP) is 13.2. The summed E-state index contributed by atoms with van der Waals surface area (Å²) in [6, 6.07) is 0. The normalized spacial score (nSPS) is 13.5. The van der Waals surface area contributed by atoms with Crippen molar-refractivity contribution in [3.8, 4) is 0 Å². The van der Waals surface area contributed by atoms with Gasteiger partial charge in [0, 0.05) is 19.4 Å². The molecule has 0 aliphatic carbocycles. The van der Waals surface area contributed by atoms with Crippen LogP contribution in [0.25, 0.3) is 0 Å². The van der Waals surface area contributed by atoms with Crippen LogP contribution in [0, 0.1) is 0 Å². The summed E-state index contributed by atoms with van der Waals surface area (Å²) in [5, 5.41) is 0. The molecule has 10 heteroatoms. The first-order chi connectivity index (χ1) is 26.8. The number of unbranched alkanes of at least 4 members (excludes halogenated alkanes) is 26. The molecule has 0 aliphatic heterocycles. The van der Waals surface area contributed by atoms with Gasteiger partial charge in [-0.15, -0.1) is 0 Å². The van der Waals surface area contributed by atoms with Gasteiger partial charge in [0.25, 0.3) is 0 Å². The first-order valence-corrected chi connectivity index (χ1v) is 24.3. The van der Waals surface area contributed by atoms with Crippen molar-refractivity contribution >= 4 is 19.8 Å². The van der Waals surface area contributed by atoms with Crippen molar-refractivity contribution in [3.05, 3.63) is 24.3 Å². The Hall–Kier alpha value is -1.51. The molecule has 0 aromatic heterocycles. The fourth-order valence-corrected chi connectivity index (χ4v) is 7.19. The second-order valence-electron chi connectivity index (χ2n) is 15.3. The first-order valence-electron chi connectivity index (χ1n) is 22.8. The van der Waals surface area contributed by atoms with Crippen molar-refractivity contribution < 1.29 is 37.6 Å². The number of hydrogen-bond acceptors (Lipinski definition) is 8. The molecule has 0 heterocycles. The number of allylic oxidation sites excluding steroid dienone is 4. The van der Waals surface area contributed by atoms with E-state index >= 15 is 0 Å². The molecule has 2 atom stereocenters. The highest BCUT2D eigenvalue weighted by Crippen LogP contribution is 2.43. The van der Waals surface area contributed by atoms with Gasteiger partial charge >= 0.3 is 19.8 Å². The van der Waals surface area contributed by atoms with Crippen LogP contribution in [0.2, 0.25) is 0 Å². The summed E-state index contributed by atoms with van der Waals surface area (Å²) in [5.41, 5.74) is 5.34. The van der Waals surface area contributed by atoms with E-state index in [9.17, 15) is 19.0 Å². The van der Waals surface area contributed by atoms with Crippen molar-refractivity contribution in [1.82, 2.24) is 0 Å². The van der Waals surface area contributed by atoms with Crippen LogP contribution in [-0.4, -0.2) is 49.3 Å². The van der Waals surface area contributed by atoms with E-state index in [1.54, 1.807) is 0 Å². The second kappa shape index (κ2) is 42.1. The SMILES string of the molecule is CCCCCCCCCCCCCCCC/C=C/CC/C=C/CCCC(=O)O[C@H](COC(=O)CCCCCCCCCCCCC)COP(=O)(O)OCCN. The Morgan fingerprint density at radius 1 is 0.527 bits per heavy atom. The number of hydrogen-bond donors (Lipinski definition) is 2. The minimum atomic E-state index is -4.38. The molecular weight excluding hydrogens is 713 g/mol. The Morgan fingerprint density at radius 3 is 1.40 bits per heavy atom. The molecule has 1 unspecified atom stereocenters. The van der Waals surface area contributed by atoms with Crippen LogP contribution in [0.3, 0.4) is 0 Å². The molecule has 3 N–H and O–H groups in total. The summed E-state index contributed by atoms with van der Waals surface area (Å²) in [4.78, 5) is 34.8. The Morgan fingerprint density at radius 2 is 0.927 bits per heavy atom. The fraction of sp³-hybridized carbons (Fsp3) is 0.867. The van der Waals surface area contributed by atoms with E-state index in [0.717, 1.165) is 44.9 Å². The summed E-state index contributed by atoms with van der Waals surface area (Å²) < 4.78 is 32.7. The Balaban J connectivity index is 4.10. The van der Waals surface area contributed by atoms with E-state index in [0.29, 0.717) is 6.42 Å². The van der Waals surface area contributed by atoms with E-state index < -0.39 is 32.5 Å². The number of phosphoric acid groups is 1. The Labute approximate surface area is 338 Å². The smallest absolute Gasteiger partial charge is 0.462 e. The molecule has 0 spiro atoms. The molecule has 9 nitrogen and oxygen atoms in total. The minimum Gasteiger partial charge on any atom is -0.462 e. The van der Waals surface area contributed by atoms with E-state index in [1.807, 2.05) is 0 Å². The molecule has 0 saturated carbocycles. The number of esters is 2. The standard InChI is InChI=1S/C45H86NO8P/c1-3-5-7-9-11-13-15-16-17-18-19-20-21-22-23-24-25-26-28-30-32-34-36-38-45(48)54-43(42-53-55(49,50)52-40-39-46)41-51-44(47)37-35-33-31-29-27-14-12-10-8-6-4-2/h24-25,30,32,43H,3-23,26-29,31,33-42,46H2,1-2H3,(H,49,50)/b25-24+,32-30+/t43-/m1/s1. The maximum atomic E-state index is 12.6. The van der Waals surface area contributed by atoms with Gasteiger partial charge in [0.2, 0.25) is 0 Å². The van der Waals surface area contributed by atoms with Gasteiger partial charge < -0.3 is 20.1 Å². The summed E-state index contributed by atoms with van der Waals surface area (Å²) in [5.74, 6) is -0.871. The average Bonchev–Trinajstić information content (AvgIpc) is 3.17. The minimum absolute atomic E-state index is 0.0493. The van der Waals surface area contributed by atoms with Crippen LogP contribution in [-0.2, 0) is 32.7 Å². The van der Waals surface area contributed by atoms with Gasteiger partial charge in [0.05, 0.1) is 13.2 Å². The fourth-order valence-electron chi connectivity index (χ4n) is 6.42. The highest BCUT2D eigenvalue weighted by Gasteiger charge is 2.26. The second-order valence-corrected chi connectivity index (χ2v) is 16.7. The molecule has 0 radical (unpaired) electrons. The number of carbonyl (C=O) groups is 2. The maximum absolute atomic E-state index is 12.6. The lowest BCUT2D eigenvalue weighted by atomic mass is 10.0. The average molecular weight is 800 g/mol. The zero-order valence-corrected chi connectivity index (χ0v) is 36.6. The monoisotopic (exact) mass is 800 g/mol. The highest BCUT2D eigenvalue weighted by atomic mass is 31.2. The zero-order chi connectivity index (χ0) is 40.3. The highest BCUT2D eigenvalue weighted by molar-refractivity contribution is 7.47. The van der Waals surface area contributed by atoms with Gasteiger partial charge in [-0.25, -0.2) is 4.57 Å². The van der Waals surface area contributed by atoms with Gasteiger partial charge in [-0.05, 0) is 44.9 Å².